The lowest BCUT2D eigenvalue weighted by atomic mass is 9.80. The number of fused-ring (bicyclic) bond motifs is 1. The monoisotopic (exact) mass is 451 g/mol. The first-order valence-electron chi connectivity index (χ1n) is 9.31. The number of sulfonamides is 1. The molecule has 0 spiro atoms. The second-order valence-electron chi connectivity index (χ2n) is 7.11. The summed E-state index contributed by atoms with van der Waals surface area (Å²) in [5.74, 6) is 0.0866. The van der Waals surface area contributed by atoms with Gasteiger partial charge >= 0.3 is 6.03 Å². The van der Waals surface area contributed by atoms with Crippen molar-refractivity contribution in [3.63, 3.8) is 0 Å². The molecule has 2 aromatic rings. The lowest BCUT2D eigenvalue weighted by molar-refractivity contribution is 0.180. The van der Waals surface area contributed by atoms with Crippen molar-refractivity contribution in [3.05, 3.63) is 64.1 Å². The second-order valence-corrected chi connectivity index (χ2v) is 9.54. The van der Waals surface area contributed by atoms with Crippen molar-refractivity contribution < 1.29 is 13.2 Å². The summed E-state index contributed by atoms with van der Waals surface area (Å²) in [6.45, 7) is 0. The van der Waals surface area contributed by atoms with Crippen LogP contribution in [0.25, 0.3) is 0 Å². The summed E-state index contributed by atoms with van der Waals surface area (Å²) in [5.41, 5.74) is 1.86. The third kappa shape index (κ3) is 3.86. The van der Waals surface area contributed by atoms with Crippen molar-refractivity contribution in [2.45, 2.75) is 36.6 Å². The van der Waals surface area contributed by atoms with Gasteiger partial charge in [-0.3, -0.25) is 0 Å². The average molecular weight is 452 g/mol. The Morgan fingerprint density at radius 3 is 2.41 bits per heavy atom. The first kappa shape index (κ1) is 20.2. The van der Waals surface area contributed by atoms with E-state index < -0.39 is 16.1 Å². The Balaban J connectivity index is 1.67. The van der Waals surface area contributed by atoms with E-state index in [2.05, 4.69) is 9.82 Å². The van der Waals surface area contributed by atoms with Gasteiger partial charge in [0, 0.05) is 11.6 Å². The smallest absolute Gasteiger partial charge is 0.245 e. The molecule has 0 bridgehead atoms. The number of hydrazone groups is 1. The highest BCUT2D eigenvalue weighted by atomic mass is 35.5. The normalized spacial score (nSPS) is 21.4. The fourth-order valence-electron chi connectivity index (χ4n) is 4.01. The average Bonchev–Trinajstić information content (AvgIpc) is 3.08. The molecule has 1 aliphatic heterocycles. The van der Waals surface area contributed by atoms with Crippen LogP contribution in [0.2, 0.25) is 10.0 Å². The summed E-state index contributed by atoms with van der Waals surface area (Å²) in [6, 6.07) is 12.7. The maximum atomic E-state index is 13.0. The van der Waals surface area contributed by atoms with E-state index in [0.29, 0.717) is 0 Å². The van der Waals surface area contributed by atoms with Gasteiger partial charge in [-0.1, -0.05) is 66.0 Å². The van der Waals surface area contributed by atoms with Crippen LogP contribution in [0.15, 0.2) is 58.5 Å². The van der Waals surface area contributed by atoms with Crippen molar-refractivity contribution in [2.75, 3.05) is 0 Å². The number of hydrogen-bond donors (Lipinski definition) is 1. The standard InChI is InChI=1S/C20H19Cl2N3O3S/c21-15-10-6-11-16(22)19(15)29(27,28)24-20(26)25-18(13-7-2-1-3-8-13)14-9-4-5-12-17(14)23-25/h1-3,6-8,10-11,14,18H,4-5,9,12H2,(H,24,26). The van der Waals surface area contributed by atoms with Crippen molar-refractivity contribution >= 4 is 45.0 Å². The molecule has 0 saturated heterocycles. The third-order valence-electron chi connectivity index (χ3n) is 5.27. The third-order valence-corrected chi connectivity index (χ3v) is 7.54. The van der Waals surface area contributed by atoms with Gasteiger partial charge in [0.05, 0.1) is 16.1 Å². The second kappa shape index (κ2) is 7.97. The van der Waals surface area contributed by atoms with Crippen LogP contribution in [0.4, 0.5) is 4.79 Å². The van der Waals surface area contributed by atoms with Gasteiger partial charge in [0.1, 0.15) is 4.90 Å². The van der Waals surface area contributed by atoms with Gasteiger partial charge in [-0.2, -0.15) is 5.10 Å². The van der Waals surface area contributed by atoms with Crippen molar-refractivity contribution in [3.8, 4) is 0 Å². The number of carbonyl (C=O) groups is 1. The summed E-state index contributed by atoms with van der Waals surface area (Å²) in [7, 11) is -4.27. The Bertz CT molecular complexity index is 1050. The van der Waals surface area contributed by atoms with E-state index in [9.17, 15) is 13.2 Å². The number of carbonyl (C=O) groups excluding carboxylic acids is 1. The zero-order valence-corrected chi connectivity index (χ0v) is 17.7. The summed E-state index contributed by atoms with van der Waals surface area (Å²) in [4.78, 5) is 12.7. The Labute approximate surface area is 179 Å². The number of nitrogens with zero attached hydrogens (tertiary/aromatic N) is 2. The minimum Gasteiger partial charge on any atom is -0.245 e. The van der Waals surface area contributed by atoms with Gasteiger partial charge in [0.15, 0.2) is 0 Å². The van der Waals surface area contributed by atoms with Gasteiger partial charge in [-0.25, -0.2) is 22.9 Å². The van der Waals surface area contributed by atoms with Crippen LogP contribution in [0.3, 0.4) is 0 Å². The highest BCUT2D eigenvalue weighted by Gasteiger charge is 2.43. The molecule has 4 rings (SSSR count). The molecule has 2 atom stereocenters. The van der Waals surface area contributed by atoms with Crippen LogP contribution in [-0.2, 0) is 10.0 Å². The van der Waals surface area contributed by atoms with E-state index in [4.69, 9.17) is 23.2 Å². The van der Waals surface area contributed by atoms with E-state index in [-0.39, 0.29) is 26.9 Å². The molecule has 1 heterocycles. The van der Waals surface area contributed by atoms with E-state index in [0.717, 1.165) is 37.0 Å². The van der Waals surface area contributed by atoms with Gasteiger partial charge in [-0.15, -0.1) is 0 Å². The molecule has 1 saturated carbocycles. The van der Waals surface area contributed by atoms with Crippen LogP contribution in [0.5, 0.6) is 0 Å². The zero-order valence-electron chi connectivity index (χ0n) is 15.4. The molecule has 9 heteroatoms. The molecule has 152 valence electrons. The maximum Gasteiger partial charge on any atom is 0.352 e. The first-order chi connectivity index (χ1) is 13.9. The predicted molar refractivity (Wildman–Crippen MR) is 113 cm³/mol. The molecule has 0 radical (unpaired) electrons. The Morgan fingerprint density at radius 2 is 1.72 bits per heavy atom. The Kier molecular flexibility index (Phi) is 5.55. The molecule has 2 unspecified atom stereocenters. The number of nitrogens with one attached hydrogen (secondary N) is 1. The maximum absolute atomic E-state index is 13.0. The summed E-state index contributed by atoms with van der Waals surface area (Å²) >= 11 is 12.1. The van der Waals surface area contributed by atoms with E-state index >= 15 is 0 Å². The lowest BCUT2D eigenvalue weighted by Crippen LogP contribution is -2.41. The molecule has 2 aliphatic rings. The number of rotatable bonds is 3. The van der Waals surface area contributed by atoms with Gasteiger partial charge in [-0.05, 0) is 37.0 Å². The number of urea groups is 1. The van der Waals surface area contributed by atoms with Gasteiger partial charge < -0.3 is 0 Å². The highest BCUT2D eigenvalue weighted by Crippen LogP contribution is 2.42. The summed E-state index contributed by atoms with van der Waals surface area (Å²) in [6.07, 6.45) is 3.78. The van der Waals surface area contributed by atoms with Crippen LogP contribution in [0.1, 0.15) is 37.3 Å². The predicted octanol–water partition coefficient (Wildman–Crippen LogP) is 4.99. The van der Waals surface area contributed by atoms with E-state index in [1.54, 1.807) is 0 Å². The van der Waals surface area contributed by atoms with Crippen LogP contribution in [0, 0.1) is 5.92 Å². The number of halogens is 2. The number of hydrogen-bond acceptors (Lipinski definition) is 4. The molecule has 0 aromatic heterocycles. The molecule has 1 aliphatic carbocycles. The molecule has 29 heavy (non-hydrogen) atoms. The van der Waals surface area contributed by atoms with Crippen LogP contribution in [-0.4, -0.2) is 25.2 Å². The quantitative estimate of drug-likeness (QED) is 0.712. The van der Waals surface area contributed by atoms with E-state index in [1.165, 1.54) is 23.2 Å². The molecule has 2 amide bonds. The number of benzene rings is 2. The molecular weight excluding hydrogens is 433 g/mol. The summed E-state index contributed by atoms with van der Waals surface area (Å²) < 4.78 is 27.7. The molecule has 1 N–H and O–H groups in total. The molecule has 2 aromatic carbocycles. The van der Waals surface area contributed by atoms with Gasteiger partial charge in [0.25, 0.3) is 10.0 Å². The van der Waals surface area contributed by atoms with Gasteiger partial charge in [0.2, 0.25) is 0 Å². The zero-order chi connectivity index (χ0) is 20.6. The minimum absolute atomic E-state index is 0.0567. The van der Waals surface area contributed by atoms with Crippen LogP contribution >= 0.6 is 23.2 Å². The topological polar surface area (TPSA) is 78.8 Å². The summed E-state index contributed by atoms with van der Waals surface area (Å²) in [5, 5.41) is 5.64. The highest BCUT2D eigenvalue weighted by molar-refractivity contribution is 7.90. The number of amides is 2. The molecular formula is C20H19Cl2N3O3S. The van der Waals surface area contributed by atoms with Crippen molar-refractivity contribution in [1.29, 1.82) is 0 Å². The lowest BCUT2D eigenvalue weighted by Gasteiger charge is -2.28. The molecule has 1 fully saturated rings. The molecule has 6 nitrogen and oxygen atoms in total. The Morgan fingerprint density at radius 1 is 1.03 bits per heavy atom. The van der Waals surface area contributed by atoms with E-state index in [1.807, 2.05) is 30.3 Å². The van der Waals surface area contributed by atoms with Crippen molar-refractivity contribution in [1.82, 2.24) is 9.73 Å². The minimum atomic E-state index is -4.27. The Hall–Kier alpha value is -2.09. The fourth-order valence-corrected chi connectivity index (χ4v) is 6.09. The first-order valence-corrected chi connectivity index (χ1v) is 11.5. The fraction of sp³-hybridized carbons (Fsp3) is 0.300. The largest absolute Gasteiger partial charge is 0.352 e. The van der Waals surface area contributed by atoms with Crippen LogP contribution < -0.4 is 4.72 Å². The van der Waals surface area contributed by atoms with Crippen molar-refractivity contribution in [2.24, 2.45) is 11.0 Å². The SMILES string of the molecule is O=C(NS(=O)(=O)c1c(Cl)cccc1Cl)N1N=C2CCCCC2C1c1ccccc1.